The highest BCUT2D eigenvalue weighted by Crippen LogP contribution is 2.24. The summed E-state index contributed by atoms with van der Waals surface area (Å²) in [5.41, 5.74) is 0. The van der Waals surface area contributed by atoms with E-state index in [9.17, 15) is 0 Å². The monoisotopic (exact) mass is 316 g/mol. The number of hydrogen-bond acceptors (Lipinski definition) is 2. The number of unbranched alkanes of at least 4 members (excludes halogenated alkanes) is 4. The lowest BCUT2D eigenvalue weighted by Gasteiger charge is -2.15. The van der Waals surface area contributed by atoms with Gasteiger partial charge in [0.1, 0.15) is 11.9 Å². The van der Waals surface area contributed by atoms with Gasteiger partial charge < -0.3 is 9.15 Å². The maximum atomic E-state index is 5.96. The largest absolute Gasteiger partial charge is 0.467 e. The lowest BCUT2D eigenvalue weighted by Crippen LogP contribution is -2.05. The Balaban J connectivity index is 2.20. The summed E-state index contributed by atoms with van der Waals surface area (Å²) in [6, 6.07) is 3.96. The zero-order valence-electron chi connectivity index (χ0n) is 11.4. The molecule has 18 heavy (non-hydrogen) atoms. The quantitative estimate of drug-likeness (QED) is 0.398. The average Bonchev–Trinajstić information content (AvgIpc) is 2.91. The van der Waals surface area contributed by atoms with Gasteiger partial charge in [-0.15, -0.1) is 0 Å². The number of rotatable bonds is 11. The molecule has 0 aliphatic carbocycles. The molecular formula is C15H25BrO2. The molecule has 0 radical (unpaired) electrons. The zero-order valence-corrected chi connectivity index (χ0v) is 13.0. The SMILES string of the molecule is CCCCC(OCCCCCCBr)c1ccco1. The fraction of sp³-hybridized carbons (Fsp3) is 0.733. The second-order valence-corrected chi connectivity index (χ2v) is 5.41. The van der Waals surface area contributed by atoms with Gasteiger partial charge in [0.05, 0.1) is 6.26 Å². The van der Waals surface area contributed by atoms with Gasteiger partial charge in [-0.25, -0.2) is 0 Å². The molecule has 1 aromatic heterocycles. The Morgan fingerprint density at radius 2 is 2.06 bits per heavy atom. The molecule has 1 heterocycles. The first-order valence-electron chi connectivity index (χ1n) is 7.09. The van der Waals surface area contributed by atoms with Crippen LogP contribution in [0.25, 0.3) is 0 Å². The third-order valence-electron chi connectivity index (χ3n) is 3.03. The topological polar surface area (TPSA) is 22.4 Å². The van der Waals surface area contributed by atoms with Crippen molar-refractivity contribution in [1.82, 2.24) is 0 Å². The van der Waals surface area contributed by atoms with Crippen molar-refractivity contribution >= 4 is 15.9 Å². The van der Waals surface area contributed by atoms with Crippen LogP contribution in [0, 0.1) is 0 Å². The van der Waals surface area contributed by atoms with E-state index in [4.69, 9.17) is 9.15 Å². The van der Waals surface area contributed by atoms with Crippen LogP contribution in [0.4, 0.5) is 0 Å². The third-order valence-corrected chi connectivity index (χ3v) is 3.59. The molecule has 0 N–H and O–H groups in total. The second kappa shape index (κ2) is 10.6. The minimum absolute atomic E-state index is 0.149. The molecule has 0 saturated carbocycles. The van der Waals surface area contributed by atoms with Crippen molar-refractivity contribution in [2.45, 2.75) is 58.0 Å². The number of ether oxygens (including phenoxy) is 1. The van der Waals surface area contributed by atoms with Gasteiger partial charge in [-0.1, -0.05) is 48.5 Å². The molecule has 2 nitrogen and oxygen atoms in total. The number of halogens is 1. The van der Waals surface area contributed by atoms with Crippen LogP contribution < -0.4 is 0 Å². The Labute approximate surface area is 119 Å². The molecule has 1 atom stereocenters. The summed E-state index contributed by atoms with van der Waals surface area (Å²) in [6.45, 7) is 3.05. The van der Waals surface area contributed by atoms with E-state index in [2.05, 4.69) is 22.9 Å². The molecule has 0 aromatic carbocycles. The van der Waals surface area contributed by atoms with E-state index in [1.165, 1.54) is 32.1 Å². The van der Waals surface area contributed by atoms with Gasteiger partial charge in [0.25, 0.3) is 0 Å². The van der Waals surface area contributed by atoms with Crippen LogP contribution in [-0.4, -0.2) is 11.9 Å². The fourth-order valence-corrected chi connectivity index (χ4v) is 2.34. The van der Waals surface area contributed by atoms with Crippen LogP contribution in [0.2, 0.25) is 0 Å². The highest BCUT2D eigenvalue weighted by atomic mass is 79.9. The minimum atomic E-state index is 0.149. The molecule has 0 fully saturated rings. The van der Waals surface area contributed by atoms with Crippen molar-refractivity contribution in [3.8, 4) is 0 Å². The molecule has 0 aliphatic rings. The normalized spacial score (nSPS) is 12.8. The van der Waals surface area contributed by atoms with Crippen molar-refractivity contribution in [3.63, 3.8) is 0 Å². The average molecular weight is 317 g/mol. The van der Waals surface area contributed by atoms with Gasteiger partial charge in [-0.05, 0) is 31.4 Å². The summed E-state index contributed by atoms with van der Waals surface area (Å²) in [5, 5.41) is 1.11. The number of furan rings is 1. The van der Waals surface area contributed by atoms with Gasteiger partial charge in [-0.2, -0.15) is 0 Å². The molecule has 1 rings (SSSR count). The van der Waals surface area contributed by atoms with E-state index in [0.29, 0.717) is 0 Å². The summed E-state index contributed by atoms with van der Waals surface area (Å²) >= 11 is 3.45. The van der Waals surface area contributed by atoms with Crippen molar-refractivity contribution in [2.75, 3.05) is 11.9 Å². The Bertz CT molecular complexity index is 272. The molecule has 0 aliphatic heterocycles. The molecule has 1 unspecified atom stereocenters. The molecular weight excluding hydrogens is 292 g/mol. The van der Waals surface area contributed by atoms with Gasteiger partial charge in [0.15, 0.2) is 0 Å². The van der Waals surface area contributed by atoms with Crippen molar-refractivity contribution < 1.29 is 9.15 Å². The van der Waals surface area contributed by atoms with Gasteiger partial charge in [0, 0.05) is 11.9 Å². The number of hydrogen-bond donors (Lipinski definition) is 0. The zero-order chi connectivity index (χ0) is 13.1. The summed E-state index contributed by atoms with van der Waals surface area (Å²) in [7, 11) is 0. The maximum absolute atomic E-state index is 5.96. The third kappa shape index (κ3) is 6.60. The predicted molar refractivity (Wildman–Crippen MR) is 79.2 cm³/mol. The van der Waals surface area contributed by atoms with Crippen molar-refractivity contribution in [2.24, 2.45) is 0 Å². The predicted octanol–water partition coefficient (Wildman–Crippen LogP) is 5.48. The lowest BCUT2D eigenvalue weighted by molar-refractivity contribution is 0.0281. The Morgan fingerprint density at radius 3 is 2.72 bits per heavy atom. The van der Waals surface area contributed by atoms with Crippen molar-refractivity contribution in [3.05, 3.63) is 24.2 Å². The van der Waals surface area contributed by atoms with Gasteiger partial charge in [-0.3, -0.25) is 0 Å². The first-order chi connectivity index (χ1) is 8.88. The van der Waals surface area contributed by atoms with Crippen LogP contribution >= 0.6 is 15.9 Å². The van der Waals surface area contributed by atoms with E-state index in [0.717, 1.165) is 30.5 Å². The van der Waals surface area contributed by atoms with Crippen LogP contribution in [0.1, 0.15) is 63.7 Å². The molecule has 0 bridgehead atoms. The Kier molecular flexibility index (Phi) is 9.31. The highest BCUT2D eigenvalue weighted by molar-refractivity contribution is 9.09. The Hall–Kier alpha value is -0.280. The summed E-state index contributed by atoms with van der Waals surface area (Å²) < 4.78 is 11.4. The molecule has 0 spiro atoms. The standard InChI is InChI=1S/C15H25BrO2/c1-2-3-9-14(15-10-8-13-18-15)17-12-7-5-4-6-11-16/h8,10,13-14H,2-7,9,11-12H2,1H3. The van der Waals surface area contributed by atoms with E-state index in [1.807, 2.05) is 12.1 Å². The molecule has 0 saturated heterocycles. The summed E-state index contributed by atoms with van der Waals surface area (Å²) in [6.07, 6.45) is 10.3. The van der Waals surface area contributed by atoms with E-state index in [1.54, 1.807) is 6.26 Å². The smallest absolute Gasteiger partial charge is 0.132 e. The molecule has 1 aromatic rings. The van der Waals surface area contributed by atoms with Gasteiger partial charge in [0.2, 0.25) is 0 Å². The highest BCUT2D eigenvalue weighted by Gasteiger charge is 2.13. The van der Waals surface area contributed by atoms with Crippen molar-refractivity contribution in [1.29, 1.82) is 0 Å². The van der Waals surface area contributed by atoms with E-state index < -0.39 is 0 Å². The molecule has 104 valence electrons. The summed E-state index contributed by atoms with van der Waals surface area (Å²) in [5.74, 6) is 0.976. The number of alkyl halides is 1. The van der Waals surface area contributed by atoms with Crippen LogP contribution in [0.15, 0.2) is 22.8 Å². The van der Waals surface area contributed by atoms with Crippen LogP contribution in [0.5, 0.6) is 0 Å². The van der Waals surface area contributed by atoms with Gasteiger partial charge >= 0.3 is 0 Å². The molecule has 3 heteroatoms. The first kappa shape index (κ1) is 15.8. The lowest BCUT2D eigenvalue weighted by atomic mass is 10.1. The van der Waals surface area contributed by atoms with E-state index >= 15 is 0 Å². The van der Waals surface area contributed by atoms with E-state index in [-0.39, 0.29) is 6.10 Å². The fourth-order valence-electron chi connectivity index (χ4n) is 1.95. The second-order valence-electron chi connectivity index (χ2n) is 4.62. The minimum Gasteiger partial charge on any atom is -0.467 e. The summed E-state index contributed by atoms with van der Waals surface area (Å²) in [4.78, 5) is 0. The first-order valence-corrected chi connectivity index (χ1v) is 8.21. The Morgan fingerprint density at radius 1 is 1.22 bits per heavy atom. The van der Waals surface area contributed by atoms with Crippen LogP contribution in [0.3, 0.4) is 0 Å². The molecule has 0 amide bonds. The van der Waals surface area contributed by atoms with Crippen LogP contribution in [-0.2, 0) is 4.74 Å². The maximum Gasteiger partial charge on any atom is 0.132 e.